The highest BCUT2D eigenvalue weighted by atomic mass is 79.9. The standard InChI is InChI=1S/C13H12BrNO4/c1-3-19-11-6-8(4-9(7-15)13(16)17)5-10(14)12(11)18-2/h4-6H,3H2,1-2H3,(H,16,17)/b9-4+. The minimum absolute atomic E-state index is 0.348. The molecule has 0 saturated heterocycles. The lowest BCUT2D eigenvalue weighted by Crippen LogP contribution is -1.99. The molecule has 0 heterocycles. The number of rotatable bonds is 5. The van der Waals surface area contributed by atoms with Crippen LogP contribution in [0.4, 0.5) is 0 Å². The first-order valence-corrected chi connectivity index (χ1v) is 6.18. The van der Waals surface area contributed by atoms with E-state index in [-0.39, 0.29) is 5.57 Å². The van der Waals surface area contributed by atoms with Gasteiger partial charge in [0.05, 0.1) is 18.2 Å². The van der Waals surface area contributed by atoms with Gasteiger partial charge in [-0.2, -0.15) is 5.26 Å². The highest BCUT2D eigenvalue weighted by Gasteiger charge is 2.12. The summed E-state index contributed by atoms with van der Waals surface area (Å²) in [5.41, 5.74) is 0.189. The molecule has 100 valence electrons. The summed E-state index contributed by atoms with van der Waals surface area (Å²) in [7, 11) is 1.51. The molecule has 0 aliphatic heterocycles. The van der Waals surface area contributed by atoms with Crippen LogP contribution in [0.2, 0.25) is 0 Å². The van der Waals surface area contributed by atoms with Crippen LogP contribution in [-0.2, 0) is 4.79 Å². The molecule has 0 radical (unpaired) electrons. The number of carbonyl (C=O) groups is 1. The molecular formula is C13H12BrNO4. The maximum atomic E-state index is 10.8. The molecular weight excluding hydrogens is 314 g/mol. The lowest BCUT2D eigenvalue weighted by atomic mass is 10.1. The van der Waals surface area contributed by atoms with E-state index < -0.39 is 5.97 Å². The monoisotopic (exact) mass is 325 g/mol. The molecule has 0 amide bonds. The topological polar surface area (TPSA) is 79.5 Å². The summed E-state index contributed by atoms with van der Waals surface area (Å²) in [6.45, 7) is 2.27. The van der Waals surface area contributed by atoms with E-state index in [0.717, 1.165) is 0 Å². The normalized spacial score (nSPS) is 10.7. The smallest absolute Gasteiger partial charge is 0.346 e. The molecule has 0 atom stereocenters. The van der Waals surface area contributed by atoms with E-state index in [1.807, 2.05) is 6.92 Å². The Labute approximate surface area is 119 Å². The molecule has 1 N–H and O–H groups in total. The Morgan fingerprint density at radius 3 is 2.74 bits per heavy atom. The molecule has 1 aromatic rings. The van der Waals surface area contributed by atoms with E-state index in [4.69, 9.17) is 19.8 Å². The van der Waals surface area contributed by atoms with Crippen molar-refractivity contribution in [1.82, 2.24) is 0 Å². The van der Waals surface area contributed by atoms with Crippen LogP contribution in [0.25, 0.3) is 6.08 Å². The number of nitrogens with zero attached hydrogens (tertiary/aromatic N) is 1. The number of methoxy groups -OCH3 is 1. The first-order valence-electron chi connectivity index (χ1n) is 5.38. The summed E-state index contributed by atoms with van der Waals surface area (Å²) in [5, 5.41) is 17.6. The third-order valence-corrected chi connectivity index (χ3v) is 2.79. The number of hydrogen-bond donors (Lipinski definition) is 1. The maximum absolute atomic E-state index is 10.8. The number of benzene rings is 1. The van der Waals surface area contributed by atoms with Crippen molar-refractivity contribution in [2.45, 2.75) is 6.92 Å². The van der Waals surface area contributed by atoms with Crippen molar-refractivity contribution in [3.8, 4) is 17.6 Å². The molecule has 1 aromatic carbocycles. The van der Waals surface area contributed by atoms with Gasteiger partial charge in [-0.3, -0.25) is 0 Å². The lowest BCUT2D eigenvalue weighted by Gasteiger charge is -2.12. The number of nitriles is 1. The number of hydrogen-bond acceptors (Lipinski definition) is 4. The molecule has 0 spiro atoms. The molecule has 0 aromatic heterocycles. The van der Waals surface area contributed by atoms with Crippen molar-refractivity contribution in [2.75, 3.05) is 13.7 Å². The van der Waals surface area contributed by atoms with Gasteiger partial charge in [0.1, 0.15) is 11.6 Å². The van der Waals surface area contributed by atoms with Gasteiger partial charge in [-0.05, 0) is 46.6 Å². The Balaban J connectivity index is 3.32. The Bertz CT molecular complexity index is 560. The second-order valence-corrected chi connectivity index (χ2v) is 4.30. The first kappa shape index (κ1) is 15.1. The van der Waals surface area contributed by atoms with Crippen LogP contribution in [0.15, 0.2) is 22.2 Å². The molecule has 0 bridgehead atoms. The number of carboxylic acid groups (broad SMARTS) is 1. The largest absolute Gasteiger partial charge is 0.492 e. The fourth-order valence-electron chi connectivity index (χ4n) is 1.44. The van der Waals surface area contributed by atoms with Gasteiger partial charge in [-0.1, -0.05) is 0 Å². The van der Waals surface area contributed by atoms with Crippen LogP contribution in [0.5, 0.6) is 11.5 Å². The van der Waals surface area contributed by atoms with Crippen LogP contribution in [0, 0.1) is 11.3 Å². The molecule has 0 aliphatic carbocycles. The van der Waals surface area contributed by atoms with Crippen molar-refractivity contribution in [3.63, 3.8) is 0 Å². The van der Waals surface area contributed by atoms with Gasteiger partial charge < -0.3 is 14.6 Å². The summed E-state index contributed by atoms with van der Waals surface area (Å²) in [6, 6.07) is 4.90. The third kappa shape index (κ3) is 3.73. The predicted molar refractivity (Wildman–Crippen MR) is 73.1 cm³/mol. The van der Waals surface area contributed by atoms with E-state index in [1.165, 1.54) is 13.2 Å². The summed E-state index contributed by atoms with van der Waals surface area (Å²) < 4.78 is 11.2. The molecule has 5 nitrogen and oxygen atoms in total. The van der Waals surface area contributed by atoms with Crippen molar-refractivity contribution in [3.05, 3.63) is 27.7 Å². The van der Waals surface area contributed by atoms with E-state index in [1.54, 1.807) is 18.2 Å². The number of halogens is 1. The fourth-order valence-corrected chi connectivity index (χ4v) is 2.06. The van der Waals surface area contributed by atoms with Gasteiger partial charge in [0, 0.05) is 0 Å². The number of ether oxygens (including phenoxy) is 2. The zero-order valence-corrected chi connectivity index (χ0v) is 12.0. The average Bonchev–Trinajstić information content (AvgIpc) is 2.35. The van der Waals surface area contributed by atoms with Crippen molar-refractivity contribution in [1.29, 1.82) is 5.26 Å². The number of carboxylic acids is 1. The molecule has 1 rings (SSSR count). The first-order chi connectivity index (χ1) is 9.03. The second-order valence-electron chi connectivity index (χ2n) is 3.44. The van der Waals surface area contributed by atoms with Crippen molar-refractivity contribution < 1.29 is 19.4 Å². The summed E-state index contributed by atoms with van der Waals surface area (Å²) in [4.78, 5) is 10.8. The molecule has 19 heavy (non-hydrogen) atoms. The van der Waals surface area contributed by atoms with E-state index in [2.05, 4.69) is 15.9 Å². The highest BCUT2D eigenvalue weighted by molar-refractivity contribution is 9.10. The van der Waals surface area contributed by atoms with Gasteiger partial charge in [-0.25, -0.2) is 4.79 Å². The molecule has 0 aliphatic rings. The fraction of sp³-hybridized carbons (Fsp3) is 0.231. The zero-order chi connectivity index (χ0) is 14.4. The van der Waals surface area contributed by atoms with E-state index >= 15 is 0 Å². The van der Waals surface area contributed by atoms with Crippen molar-refractivity contribution in [2.24, 2.45) is 0 Å². The van der Waals surface area contributed by atoms with Crippen LogP contribution in [-0.4, -0.2) is 24.8 Å². The van der Waals surface area contributed by atoms with Gasteiger partial charge in [0.25, 0.3) is 0 Å². The maximum Gasteiger partial charge on any atom is 0.346 e. The Kier molecular flexibility index (Phi) is 5.39. The van der Waals surface area contributed by atoms with Gasteiger partial charge in [0.2, 0.25) is 0 Å². The third-order valence-electron chi connectivity index (χ3n) is 2.20. The minimum Gasteiger partial charge on any atom is -0.492 e. The molecule has 0 unspecified atom stereocenters. The molecule has 0 fully saturated rings. The average molecular weight is 326 g/mol. The minimum atomic E-state index is -1.27. The highest BCUT2D eigenvalue weighted by Crippen LogP contribution is 2.37. The molecule has 6 heteroatoms. The Hall–Kier alpha value is -2.00. The van der Waals surface area contributed by atoms with Crippen LogP contribution < -0.4 is 9.47 Å². The Morgan fingerprint density at radius 1 is 1.58 bits per heavy atom. The van der Waals surface area contributed by atoms with Gasteiger partial charge >= 0.3 is 5.97 Å². The lowest BCUT2D eigenvalue weighted by molar-refractivity contribution is -0.132. The molecule has 0 saturated carbocycles. The SMILES string of the molecule is CCOc1cc(/C=C(\C#N)C(=O)O)cc(Br)c1OC. The summed E-state index contributed by atoms with van der Waals surface area (Å²) in [5.74, 6) is -0.270. The number of aliphatic carboxylic acids is 1. The van der Waals surface area contributed by atoms with Gasteiger partial charge in [-0.15, -0.1) is 0 Å². The van der Waals surface area contributed by atoms with Crippen LogP contribution in [0.3, 0.4) is 0 Å². The quantitative estimate of drug-likeness (QED) is 0.665. The zero-order valence-electron chi connectivity index (χ0n) is 10.4. The van der Waals surface area contributed by atoms with Crippen LogP contribution >= 0.6 is 15.9 Å². The summed E-state index contributed by atoms with van der Waals surface area (Å²) >= 11 is 3.31. The van der Waals surface area contributed by atoms with Crippen LogP contribution in [0.1, 0.15) is 12.5 Å². The van der Waals surface area contributed by atoms with Crippen molar-refractivity contribution >= 4 is 28.0 Å². The van der Waals surface area contributed by atoms with E-state index in [0.29, 0.717) is 28.1 Å². The second kappa shape index (κ2) is 6.81. The van der Waals surface area contributed by atoms with Gasteiger partial charge in [0.15, 0.2) is 11.5 Å². The Morgan fingerprint density at radius 2 is 2.26 bits per heavy atom. The predicted octanol–water partition coefficient (Wildman–Crippen LogP) is 2.85. The van der Waals surface area contributed by atoms with E-state index in [9.17, 15) is 4.79 Å². The summed E-state index contributed by atoms with van der Waals surface area (Å²) in [6.07, 6.45) is 1.27.